The van der Waals surface area contributed by atoms with Gasteiger partial charge in [-0.15, -0.1) is 0 Å². The summed E-state index contributed by atoms with van der Waals surface area (Å²) in [5.74, 6) is 0.488. The zero-order valence-electron chi connectivity index (χ0n) is 30.2. The molecule has 1 aliphatic heterocycles. The summed E-state index contributed by atoms with van der Waals surface area (Å²) in [6.07, 6.45) is 10.2. The molecule has 0 spiro atoms. The average Bonchev–Trinajstić information content (AvgIpc) is 3.55. The lowest BCUT2D eigenvalue weighted by Crippen LogP contribution is -2.51. The summed E-state index contributed by atoms with van der Waals surface area (Å²) in [5.41, 5.74) is 6.14. The van der Waals surface area contributed by atoms with E-state index >= 15 is 0 Å². The van der Waals surface area contributed by atoms with E-state index in [9.17, 15) is 4.79 Å². The summed E-state index contributed by atoms with van der Waals surface area (Å²) < 4.78 is 0. The van der Waals surface area contributed by atoms with Crippen LogP contribution in [0.5, 0.6) is 0 Å². The van der Waals surface area contributed by atoms with Gasteiger partial charge in [0.1, 0.15) is 5.69 Å². The molecular formula is C43H45Cl3N6O. The van der Waals surface area contributed by atoms with Gasteiger partial charge in [-0.2, -0.15) is 0 Å². The molecule has 1 saturated carbocycles. The highest BCUT2D eigenvalue weighted by atomic mass is 35.5. The van der Waals surface area contributed by atoms with Gasteiger partial charge in [0.25, 0.3) is 5.91 Å². The Labute approximate surface area is 327 Å². The lowest BCUT2D eigenvalue weighted by atomic mass is 9.94. The molecular weight excluding hydrogens is 723 g/mol. The van der Waals surface area contributed by atoms with Gasteiger partial charge in [-0.1, -0.05) is 103 Å². The molecule has 3 heterocycles. The Hall–Kier alpha value is -4.27. The van der Waals surface area contributed by atoms with Crippen molar-refractivity contribution in [1.29, 1.82) is 0 Å². The van der Waals surface area contributed by atoms with Gasteiger partial charge < -0.3 is 20.1 Å². The fourth-order valence-corrected chi connectivity index (χ4v) is 8.77. The van der Waals surface area contributed by atoms with E-state index in [1.54, 1.807) is 18.5 Å². The van der Waals surface area contributed by atoms with Crippen molar-refractivity contribution in [3.05, 3.63) is 135 Å². The minimum absolute atomic E-state index is 0.281. The predicted octanol–water partition coefficient (Wildman–Crippen LogP) is 11.3. The molecule has 7 nitrogen and oxygen atoms in total. The second-order valence-electron chi connectivity index (χ2n) is 14.0. The van der Waals surface area contributed by atoms with Crippen LogP contribution in [0.2, 0.25) is 15.1 Å². The molecule has 1 aliphatic carbocycles. The van der Waals surface area contributed by atoms with E-state index in [-0.39, 0.29) is 11.9 Å². The Morgan fingerprint density at radius 1 is 0.943 bits per heavy atom. The summed E-state index contributed by atoms with van der Waals surface area (Å²) in [6.45, 7) is 12.1. The van der Waals surface area contributed by atoms with Gasteiger partial charge in [0.2, 0.25) is 0 Å². The summed E-state index contributed by atoms with van der Waals surface area (Å²) >= 11 is 19.7. The number of anilines is 2. The fraction of sp³-hybridized carbons (Fsp3) is 0.302. The van der Waals surface area contributed by atoms with Crippen LogP contribution in [-0.4, -0.2) is 57.9 Å². The van der Waals surface area contributed by atoms with Crippen molar-refractivity contribution >= 4 is 74.4 Å². The molecule has 3 aromatic carbocycles. The molecule has 10 heteroatoms. The number of carbonyl (C=O) groups is 1. The van der Waals surface area contributed by atoms with Crippen LogP contribution in [0.1, 0.15) is 79.2 Å². The van der Waals surface area contributed by atoms with E-state index in [0.29, 0.717) is 32.5 Å². The number of nitrogens with one attached hydrogen (secondary N) is 2. The largest absolute Gasteiger partial charge is 0.352 e. The highest BCUT2D eigenvalue weighted by Gasteiger charge is 2.31. The summed E-state index contributed by atoms with van der Waals surface area (Å²) in [5, 5.41) is 5.76. The Morgan fingerprint density at radius 2 is 1.66 bits per heavy atom. The molecule has 1 unspecified atom stereocenters. The average molecular weight is 768 g/mol. The molecule has 2 fully saturated rings. The topological polar surface area (TPSA) is 67.5 Å². The minimum atomic E-state index is -0.290. The molecule has 2 aliphatic rings. The number of piperazine rings is 1. The first kappa shape index (κ1) is 37.1. The zero-order valence-corrected chi connectivity index (χ0v) is 32.5. The van der Waals surface area contributed by atoms with Crippen molar-refractivity contribution < 1.29 is 4.79 Å². The number of amides is 1. The molecule has 0 radical (unpaired) electrons. The first-order valence-electron chi connectivity index (χ1n) is 18.4. The second-order valence-corrected chi connectivity index (χ2v) is 15.3. The number of halogens is 3. The third-order valence-electron chi connectivity index (χ3n) is 10.8. The maximum Gasteiger partial charge on any atom is 0.272 e. The van der Waals surface area contributed by atoms with Crippen molar-refractivity contribution in [2.45, 2.75) is 58.0 Å². The maximum atomic E-state index is 14.8. The molecule has 5 aromatic rings. The number of rotatable bonds is 10. The number of H-pyrrole nitrogens is 1. The molecule has 1 amide bonds. The number of hydrogen-bond donors (Lipinski definition) is 2. The molecule has 1 saturated heterocycles. The second kappa shape index (κ2) is 16.4. The lowest BCUT2D eigenvalue weighted by molar-refractivity contribution is 0.102. The van der Waals surface area contributed by atoms with E-state index in [2.05, 4.69) is 57.6 Å². The normalized spacial score (nSPS) is 16.7. The third-order valence-corrected chi connectivity index (χ3v) is 11.6. The molecule has 0 bridgehead atoms. The van der Waals surface area contributed by atoms with Gasteiger partial charge in [0.15, 0.2) is 5.82 Å². The smallest absolute Gasteiger partial charge is 0.272 e. The van der Waals surface area contributed by atoms with Crippen LogP contribution < -0.4 is 10.2 Å². The quantitative estimate of drug-likeness (QED) is 0.148. The van der Waals surface area contributed by atoms with Gasteiger partial charge in [0.05, 0.1) is 17.4 Å². The summed E-state index contributed by atoms with van der Waals surface area (Å²) in [6, 6.07) is 25.5. The Bertz CT molecular complexity index is 2130. The van der Waals surface area contributed by atoms with Crippen molar-refractivity contribution in [3.8, 4) is 0 Å². The Balaban J connectivity index is 1.30. The van der Waals surface area contributed by atoms with Crippen LogP contribution in [0.15, 0.2) is 97.8 Å². The Morgan fingerprint density at radius 3 is 2.38 bits per heavy atom. The SMILES string of the molecule is C=CN(/C(=C(\C)c1ccccc1)c1c(C(=O)Nc2cccnc2N2CCN(C3CCCCC3)CC2)[nH]c2cc(Cl)ccc12)C(C)c1ccc(Cl)cc1Cl. The third kappa shape index (κ3) is 7.85. The van der Waals surface area contributed by atoms with Crippen molar-refractivity contribution in [2.24, 2.45) is 0 Å². The number of pyridine rings is 1. The number of benzene rings is 3. The van der Waals surface area contributed by atoms with E-state index in [1.807, 2.05) is 60.7 Å². The number of allylic oxidation sites excluding steroid dienone is 1. The van der Waals surface area contributed by atoms with Crippen LogP contribution in [-0.2, 0) is 0 Å². The number of aromatic amines is 1. The number of aromatic nitrogens is 2. The molecule has 2 aromatic heterocycles. The molecule has 53 heavy (non-hydrogen) atoms. The van der Waals surface area contributed by atoms with Gasteiger partial charge in [-0.25, -0.2) is 4.98 Å². The predicted molar refractivity (Wildman–Crippen MR) is 222 cm³/mol. The Kier molecular flexibility index (Phi) is 11.5. The summed E-state index contributed by atoms with van der Waals surface area (Å²) in [7, 11) is 0. The van der Waals surface area contributed by atoms with E-state index in [0.717, 1.165) is 70.9 Å². The van der Waals surface area contributed by atoms with Crippen molar-refractivity contribution in [2.75, 3.05) is 36.4 Å². The van der Waals surface area contributed by atoms with E-state index in [4.69, 9.17) is 39.8 Å². The number of carbonyl (C=O) groups excluding carboxylic acids is 1. The lowest BCUT2D eigenvalue weighted by Gasteiger charge is -2.41. The van der Waals surface area contributed by atoms with Crippen molar-refractivity contribution in [1.82, 2.24) is 19.8 Å². The van der Waals surface area contributed by atoms with Crippen LogP contribution in [0, 0.1) is 0 Å². The van der Waals surface area contributed by atoms with Crippen LogP contribution in [0.25, 0.3) is 22.2 Å². The molecule has 7 rings (SSSR count). The van der Waals surface area contributed by atoms with Gasteiger partial charge in [-0.3, -0.25) is 9.69 Å². The number of fused-ring (bicyclic) bond motifs is 1. The standard InChI is InChI=1S/C43H45Cl3N6O/c1-4-52(29(3)34-19-17-31(44)26-36(34)46)41(28(2)30-12-7-5-8-13-30)39-35-20-18-32(45)27-38(35)48-40(39)43(53)49-37-16-11-21-47-42(37)51-24-22-50(23-25-51)33-14-9-6-10-15-33/h4-5,7-8,11-13,16-21,26-27,29,33,48H,1,6,9-10,14-15,22-25H2,2-3H3,(H,49,53)/b41-28+. The highest BCUT2D eigenvalue weighted by molar-refractivity contribution is 6.35. The number of hydrogen-bond acceptors (Lipinski definition) is 5. The highest BCUT2D eigenvalue weighted by Crippen LogP contribution is 2.42. The van der Waals surface area contributed by atoms with E-state index < -0.39 is 0 Å². The van der Waals surface area contributed by atoms with Crippen LogP contribution >= 0.6 is 34.8 Å². The van der Waals surface area contributed by atoms with Gasteiger partial charge in [-0.05, 0) is 86.0 Å². The molecule has 2 N–H and O–H groups in total. The molecule has 274 valence electrons. The van der Waals surface area contributed by atoms with Crippen molar-refractivity contribution in [3.63, 3.8) is 0 Å². The van der Waals surface area contributed by atoms with Crippen LogP contribution in [0.4, 0.5) is 11.5 Å². The zero-order chi connectivity index (χ0) is 37.1. The minimum Gasteiger partial charge on any atom is -0.352 e. The van der Waals surface area contributed by atoms with Gasteiger partial charge in [0, 0.05) is 70.0 Å². The fourth-order valence-electron chi connectivity index (χ4n) is 8.03. The maximum absolute atomic E-state index is 14.8. The van der Waals surface area contributed by atoms with Gasteiger partial charge >= 0.3 is 0 Å². The van der Waals surface area contributed by atoms with Crippen LogP contribution in [0.3, 0.4) is 0 Å². The van der Waals surface area contributed by atoms with E-state index in [1.165, 1.54) is 32.1 Å². The monoisotopic (exact) mass is 766 g/mol. The molecule has 1 atom stereocenters. The number of nitrogens with zero attached hydrogens (tertiary/aromatic N) is 4. The summed E-state index contributed by atoms with van der Waals surface area (Å²) in [4.78, 5) is 30.0. The first-order valence-corrected chi connectivity index (χ1v) is 19.6. The first-order chi connectivity index (χ1) is 25.7.